The Bertz CT molecular complexity index is 917. The molecule has 0 amide bonds. The summed E-state index contributed by atoms with van der Waals surface area (Å²) in [6.07, 6.45) is 1.68. The van der Waals surface area contributed by atoms with Crippen LogP contribution < -0.4 is 15.8 Å². The number of hydrogen-bond donors (Lipinski definition) is 3. The molecule has 4 N–H and O–H groups in total. The molecule has 0 aromatic heterocycles. The van der Waals surface area contributed by atoms with Crippen molar-refractivity contribution in [1.82, 2.24) is 10.6 Å². The maximum absolute atomic E-state index is 11.4. The van der Waals surface area contributed by atoms with Gasteiger partial charge in [-0.05, 0) is 48.2 Å². The molecule has 6 nitrogen and oxygen atoms in total. The number of hydrogen-bond acceptors (Lipinski definition) is 3. The number of benzene rings is 2. The highest BCUT2D eigenvalue weighted by Gasteiger charge is 2.08. The lowest BCUT2D eigenvalue weighted by Crippen LogP contribution is -2.37. The molecule has 27 heavy (non-hydrogen) atoms. The first kappa shape index (κ1) is 21.5. The number of nitrogens with zero attached hydrogens (tertiary/aromatic N) is 1. The van der Waals surface area contributed by atoms with Gasteiger partial charge in [0.1, 0.15) is 0 Å². The van der Waals surface area contributed by atoms with E-state index < -0.39 is 10.0 Å². The highest BCUT2D eigenvalue weighted by atomic mass is 35.5. The maximum atomic E-state index is 11.4. The summed E-state index contributed by atoms with van der Waals surface area (Å²) in [4.78, 5) is 4.24. The van der Waals surface area contributed by atoms with Crippen LogP contribution in [-0.4, -0.2) is 28.0 Å². The second-order valence-electron chi connectivity index (χ2n) is 5.88. The van der Waals surface area contributed by atoms with Crippen LogP contribution >= 0.6 is 23.2 Å². The first-order valence-corrected chi connectivity index (χ1v) is 10.6. The molecule has 2 aromatic carbocycles. The Labute approximate surface area is 169 Å². The van der Waals surface area contributed by atoms with Gasteiger partial charge >= 0.3 is 0 Å². The molecule has 0 bridgehead atoms. The largest absolute Gasteiger partial charge is 0.356 e. The van der Waals surface area contributed by atoms with Crippen LogP contribution in [0.1, 0.15) is 17.5 Å². The topological polar surface area (TPSA) is 96.6 Å². The summed E-state index contributed by atoms with van der Waals surface area (Å²) in [5, 5.41) is 12.8. The first-order valence-electron chi connectivity index (χ1n) is 8.30. The van der Waals surface area contributed by atoms with Gasteiger partial charge in [-0.1, -0.05) is 41.4 Å². The molecule has 2 aromatic rings. The van der Waals surface area contributed by atoms with E-state index in [0.717, 1.165) is 24.0 Å². The summed E-state index contributed by atoms with van der Waals surface area (Å²) in [6.45, 7) is 1.13. The van der Waals surface area contributed by atoms with E-state index in [0.29, 0.717) is 29.1 Å². The van der Waals surface area contributed by atoms with Crippen molar-refractivity contribution in [1.29, 1.82) is 0 Å². The number of halogens is 2. The minimum absolute atomic E-state index is 0.0876. The fourth-order valence-corrected chi connectivity index (χ4v) is 3.54. The van der Waals surface area contributed by atoms with Crippen LogP contribution in [0.3, 0.4) is 0 Å². The van der Waals surface area contributed by atoms with E-state index in [-0.39, 0.29) is 4.90 Å². The van der Waals surface area contributed by atoms with Crippen molar-refractivity contribution in [3.05, 3.63) is 63.6 Å². The predicted octanol–water partition coefficient (Wildman–Crippen LogP) is 2.94. The molecule has 0 aliphatic rings. The van der Waals surface area contributed by atoms with Crippen LogP contribution in [-0.2, 0) is 23.0 Å². The predicted molar refractivity (Wildman–Crippen MR) is 111 cm³/mol. The molecule has 0 saturated carbocycles. The normalized spacial score (nSPS) is 12.1. The van der Waals surface area contributed by atoms with Crippen molar-refractivity contribution >= 4 is 39.2 Å². The van der Waals surface area contributed by atoms with Gasteiger partial charge in [-0.2, -0.15) is 0 Å². The second-order valence-corrected chi connectivity index (χ2v) is 8.29. The van der Waals surface area contributed by atoms with Gasteiger partial charge in [-0.25, -0.2) is 13.6 Å². The monoisotopic (exact) mass is 428 g/mol. The van der Waals surface area contributed by atoms with E-state index in [1.165, 1.54) is 12.1 Å². The minimum Gasteiger partial charge on any atom is -0.356 e. The Hall–Kier alpha value is -1.80. The summed E-state index contributed by atoms with van der Waals surface area (Å²) < 4.78 is 22.8. The van der Waals surface area contributed by atoms with E-state index >= 15 is 0 Å². The Morgan fingerprint density at radius 1 is 1.15 bits per heavy atom. The second kappa shape index (κ2) is 9.94. The van der Waals surface area contributed by atoms with Crippen molar-refractivity contribution < 1.29 is 8.42 Å². The highest BCUT2D eigenvalue weighted by Crippen LogP contribution is 2.21. The third-order valence-corrected chi connectivity index (χ3v) is 5.34. The van der Waals surface area contributed by atoms with E-state index in [4.69, 9.17) is 28.3 Å². The summed E-state index contributed by atoms with van der Waals surface area (Å²) in [6, 6.07) is 12.0. The molecule has 0 aliphatic carbocycles. The number of sulfonamides is 1. The molecule has 0 heterocycles. The lowest BCUT2D eigenvalue weighted by atomic mass is 10.1. The zero-order chi connectivity index (χ0) is 19.9. The fourth-order valence-electron chi connectivity index (χ4n) is 2.45. The molecular formula is C18H22Cl2N4O2S. The molecular weight excluding hydrogens is 407 g/mol. The van der Waals surface area contributed by atoms with Gasteiger partial charge in [0.05, 0.1) is 4.90 Å². The molecule has 0 saturated heterocycles. The average molecular weight is 429 g/mol. The third kappa shape index (κ3) is 7.03. The molecule has 0 aliphatic heterocycles. The Morgan fingerprint density at radius 2 is 1.93 bits per heavy atom. The summed E-state index contributed by atoms with van der Waals surface area (Å²) in [5.74, 6) is 0.623. The first-order chi connectivity index (χ1) is 12.8. The van der Waals surface area contributed by atoms with Crippen LogP contribution in [0.2, 0.25) is 10.0 Å². The molecule has 146 valence electrons. The molecule has 0 spiro atoms. The van der Waals surface area contributed by atoms with Crippen LogP contribution in [0.25, 0.3) is 0 Å². The van der Waals surface area contributed by atoms with Crippen molar-refractivity contribution in [2.45, 2.75) is 24.3 Å². The zero-order valence-corrected chi connectivity index (χ0v) is 17.2. The standard InChI is InChI=1S/C18H22Cl2N4O2S/c1-22-18(23-9-3-5-14-7-8-15(19)11-17(14)20)24-12-13-4-2-6-16(10-13)27(21,25)26/h2,4,6-8,10-11H,3,5,9,12H2,1H3,(H2,21,25,26)(H2,22,23,24). The summed E-state index contributed by atoms with van der Waals surface area (Å²) >= 11 is 12.1. The van der Waals surface area contributed by atoms with E-state index in [1.54, 1.807) is 19.2 Å². The van der Waals surface area contributed by atoms with Crippen molar-refractivity contribution in [3.8, 4) is 0 Å². The van der Waals surface area contributed by atoms with Gasteiger partial charge in [-0.15, -0.1) is 0 Å². The lowest BCUT2D eigenvalue weighted by molar-refractivity contribution is 0.597. The van der Waals surface area contributed by atoms with Crippen LogP contribution in [0.15, 0.2) is 52.4 Å². The number of rotatable bonds is 7. The van der Waals surface area contributed by atoms with Gasteiger partial charge in [0.2, 0.25) is 10.0 Å². The Balaban J connectivity index is 1.81. The van der Waals surface area contributed by atoms with Gasteiger partial charge < -0.3 is 10.6 Å². The number of guanidine groups is 1. The zero-order valence-electron chi connectivity index (χ0n) is 14.9. The molecule has 0 radical (unpaired) electrons. The van der Waals surface area contributed by atoms with Crippen molar-refractivity contribution in [2.75, 3.05) is 13.6 Å². The molecule has 0 fully saturated rings. The van der Waals surface area contributed by atoms with Crippen molar-refractivity contribution in [2.24, 2.45) is 10.1 Å². The smallest absolute Gasteiger partial charge is 0.238 e. The number of nitrogens with two attached hydrogens (primary N) is 1. The lowest BCUT2D eigenvalue weighted by Gasteiger charge is -2.12. The Kier molecular flexibility index (Phi) is 7.91. The minimum atomic E-state index is -3.71. The van der Waals surface area contributed by atoms with Gasteiger partial charge in [0.15, 0.2) is 5.96 Å². The van der Waals surface area contributed by atoms with Crippen LogP contribution in [0.5, 0.6) is 0 Å². The van der Waals surface area contributed by atoms with Crippen LogP contribution in [0.4, 0.5) is 0 Å². The number of aliphatic imine (C=N–C) groups is 1. The van der Waals surface area contributed by atoms with E-state index in [2.05, 4.69) is 15.6 Å². The fraction of sp³-hybridized carbons (Fsp3) is 0.278. The van der Waals surface area contributed by atoms with Crippen molar-refractivity contribution in [3.63, 3.8) is 0 Å². The molecule has 9 heteroatoms. The van der Waals surface area contributed by atoms with Gasteiger partial charge in [-0.3, -0.25) is 4.99 Å². The molecule has 0 atom stereocenters. The third-order valence-electron chi connectivity index (χ3n) is 3.84. The molecule has 0 unspecified atom stereocenters. The summed E-state index contributed by atoms with van der Waals surface area (Å²) in [5.41, 5.74) is 1.84. The SMILES string of the molecule is CN=C(NCCCc1ccc(Cl)cc1Cl)NCc1cccc(S(N)(=O)=O)c1. The quantitative estimate of drug-likeness (QED) is 0.358. The number of primary sulfonamides is 1. The number of aryl methyl sites for hydroxylation is 1. The maximum Gasteiger partial charge on any atom is 0.238 e. The number of nitrogens with one attached hydrogen (secondary N) is 2. The highest BCUT2D eigenvalue weighted by molar-refractivity contribution is 7.89. The molecule has 2 rings (SSSR count). The van der Waals surface area contributed by atoms with Gasteiger partial charge in [0.25, 0.3) is 0 Å². The van der Waals surface area contributed by atoms with Gasteiger partial charge in [0, 0.05) is 30.2 Å². The van der Waals surface area contributed by atoms with E-state index in [9.17, 15) is 8.42 Å². The Morgan fingerprint density at radius 3 is 2.59 bits per heavy atom. The average Bonchev–Trinajstić information content (AvgIpc) is 2.62. The van der Waals surface area contributed by atoms with Crippen LogP contribution in [0, 0.1) is 0 Å². The summed E-state index contributed by atoms with van der Waals surface area (Å²) in [7, 11) is -2.04. The van der Waals surface area contributed by atoms with E-state index in [1.807, 2.05) is 18.2 Å².